The number of carbonyl (C=O) groups is 1. The maximum absolute atomic E-state index is 12.1. The Balaban J connectivity index is 2.10. The highest BCUT2D eigenvalue weighted by molar-refractivity contribution is 5.96. The van der Waals surface area contributed by atoms with Crippen LogP contribution in [0.5, 0.6) is 0 Å². The lowest BCUT2D eigenvalue weighted by Crippen LogP contribution is -2.16. The maximum Gasteiger partial charge on any atom is 0.164 e. The van der Waals surface area contributed by atoms with E-state index < -0.39 is 0 Å². The number of ketones is 1. The molecule has 2 rings (SSSR count). The molecule has 0 radical (unpaired) electrons. The zero-order valence-electron chi connectivity index (χ0n) is 11.5. The van der Waals surface area contributed by atoms with Crippen LogP contribution in [0, 0.1) is 0 Å². The lowest BCUT2D eigenvalue weighted by molar-refractivity contribution is 0.0972. The molecule has 2 nitrogen and oxygen atoms in total. The lowest BCUT2D eigenvalue weighted by Gasteiger charge is -2.10. The largest absolute Gasteiger partial charge is 0.309 e. The summed E-state index contributed by atoms with van der Waals surface area (Å²) in [6.45, 7) is 0.829. The first-order valence-corrected chi connectivity index (χ1v) is 6.96. The van der Waals surface area contributed by atoms with Crippen LogP contribution in [0.15, 0.2) is 18.2 Å². The Morgan fingerprint density at radius 3 is 2.56 bits per heavy atom. The van der Waals surface area contributed by atoms with Gasteiger partial charge in [0, 0.05) is 18.5 Å². The standard InChI is InChI=1S/C16H23NO/c1-17(2)11-10-16(18)15-9-8-13-6-4-3-5-7-14(13)12-15/h8-9,12H,3-7,10-11H2,1-2H3. The normalized spacial score (nSPS) is 15.3. The van der Waals surface area contributed by atoms with Gasteiger partial charge in [-0.05, 0) is 57.0 Å². The van der Waals surface area contributed by atoms with Crippen molar-refractivity contribution in [3.63, 3.8) is 0 Å². The molecular weight excluding hydrogens is 222 g/mol. The summed E-state index contributed by atoms with van der Waals surface area (Å²) >= 11 is 0. The molecule has 0 atom stereocenters. The van der Waals surface area contributed by atoms with E-state index in [-0.39, 0.29) is 5.78 Å². The van der Waals surface area contributed by atoms with Gasteiger partial charge in [0.05, 0.1) is 0 Å². The van der Waals surface area contributed by atoms with Crippen molar-refractivity contribution in [2.45, 2.75) is 38.5 Å². The molecule has 1 aromatic rings. The fraction of sp³-hybridized carbons (Fsp3) is 0.562. The third kappa shape index (κ3) is 3.42. The summed E-state index contributed by atoms with van der Waals surface area (Å²) in [7, 11) is 4.01. The van der Waals surface area contributed by atoms with E-state index in [1.807, 2.05) is 20.2 Å². The monoisotopic (exact) mass is 245 g/mol. The SMILES string of the molecule is CN(C)CCC(=O)c1ccc2c(c1)CCCCC2. The van der Waals surface area contributed by atoms with Crippen molar-refractivity contribution in [1.29, 1.82) is 0 Å². The molecule has 0 aliphatic heterocycles. The van der Waals surface area contributed by atoms with Crippen LogP contribution in [0.2, 0.25) is 0 Å². The third-order valence-corrected chi connectivity index (χ3v) is 3.71. The molecule has 0 unspecified atom stereocenters. The molecule has 0 saturated heterocycles. The molecule has 0 heterocycles. The number of carbonyl (C=O) groups excluding carboxylic acids is 1. The Kier molecular flexibility index (Phi) is 4.54. The number of Topliss-reactive ketones (excluding diaryl/α,β-unsaturated/α-hetero) is 1. The minimum absolute atomic E-state index is 0.274. The van der Waals surface area contributed by atoms with E-state index in [4.69, 9.17) is 0 Å². The van der Waals surface area contributed by atoms with Gasteiger partial charge in [-0.25, -0.2) is 0 Å². The van der Waals surface area contributed by atoms with E-state index in [0.717, 1.165) is 18.5 Å². The van der Waals surface area contributed by atoms with Crippen LogP contribution in [-0.2, 0) is 12.8 Å². The Hall–Kier alpha value is -1.15. The highest BCUT2D eigenvalue weighted by atomic mass is 16.1. The average molecular weight is 245 g/mol. The number of aryl methyl sites for hydroxylation is 2. The molecule has 1 aliphatic carbocycles. The number of nitrogens with zero attached hydrogens (tertiary/aromatic N) is 1. The second kappa shape index (κ2) is 6.14. The number of fused-ring (bicyclic) bond motifs is 1. The molecule has 0 bridgehead atoms. The van der Waals surface area contributed by atoms with E-state index in [0.29, 0.717) is 6.42 Å². The van der Waals surface area contributed by atoms with Gasteiger partial charge in [0.1, 0.15) is 0 Å². The van der Waals surface area contributed by atoms with Gasteiger partial charge in [0.2, 0.25) is 0 Å². The van der Waals surface area contributed by atoms with Gasteiger partial charge in [-0.3, -0.25) is 4.79 Å². The molecule has 0 saturated carbocycles. The van der Waals surface area contributed by atoms with Crippen LogP contribution in [0.3, 0.4) is 0 Å². The Morgan fingerprint density at radius 2 is 1.83 bits per heavy atom. The van der Waals surface area contributed by atoms with Crippen LogP contribution in [0.25, 0.3) is 0 Å². The first-order valence-electron chi connectivity index (χ1n) is 6.96. The van der Waals surface area contributed by atoms with Crippen LogP contribution in [0.1, 0.15) is 47.2 Å². The van der Waals surface area contributed by atoms with Crippen LogP contribution in [-0.4, -0.2) is 31.3 Å². The molecule has 0 fully saturated rings. The second-order valence-electron chi connectivity index (χ2n) is 5.52. The zero-order chi connectivity index (χ0) is 13.0. The first kappa shape index (κ1) is 13.3. The van der Waals surface area contributed by atoms with Crippen molar-refractivity contribution >= 4 is 5.78 Å². The summed E-state index contributed by atoms with van der Waals surface area (Å²) in [6.07, 6.45) is 6.82. The van der Waals surface area contributed by atoms with E-state index in [1.54, 1.807) is 0 Å². The smallest absolute Gasteiger partial charge is 0.164 e. The van der Waals surface area contributed by atoms with Crippen molar-refractivity contribution in [1.82, 2.24) is 4.90 Å². The Labute approximate surface area is 110 Å². The molecule has 1 aromatic carbocycles. The summed E-state index contributed by atoms with van der Waals surface area (Å²) in [5.41, 5.74) is 3.76. The van der Waals surface area contributed by atoms with Crippen molar-refractivity contribution in [2.24, 2.45) is 0 Å². The van der Waals surface area contributed by atoms with Gasteiger partial charge in [-0.1, -0.05) is 18.6 Å². The highest BCUT2D eigenvalue weighted by Crippen LogP contribution is 2.22. The maximum atomic E-state index is 12.1. The molecule has 2 heteroatoms. The van der Waals surface area contributed by atoms with Crippen molar-refractivity contribution in [2.75, 3.05) is 20.6 Å². The summed E-state index contributed by atoms with van der Waals surface area (Å²) < 4.78 is 0. The van der Waals surface area contributed by atoms with Crippen molar-refractivity contribution in [3.8, 4) is 0 Å². The van der Waals surface area contributed by atoms with Crippen LogP contribution in [0.4, 0.5) is 0 Å². The second-order valence-corrected chi connectivity index (χ2v) is 5.52. The van der Waals surface area contributed by atoms with E-state index in [1.165, 1.54) is 36.8 Å². The van der Waals surface area contributed by atoms with Crippen LogP contribution >= 0.6 is 0 Å². The topological polar surface area (TPSA) is 20.3 Å². The molecule has 18 heavy (non-hydrogen) atoms. The number of rotatable bonds is 4. The van der Waals surface area contributed by atoms with Gasteiger partial charge < -0.3 is 4.90 Å². The van der Waals surface area contributed by atoms with Crippen molar-refractivity contribution in [3.05, 3.63) is 34.9 Å². The predicted octanol–water partition coefficient (Wildman–Crippen LogP) is 3.09. The minimum Gasteiger partial charge on any atom is -0.309 e. The molecule has 0 spiro atoms. The molecule has 0 aromatic heterocycles. The summed E-state index contributed by atoms with van der Waals surface area (Å²) in [5.74, 6) is 0.274. The van der Waals surface area contributed by atoms with Gasteiger partial charge in [-0.15, -0.1) is 0 Å². The molecule has 1 aliphatic rings. The predicted molar refractivity (Wildman–Crippen MR) is 75.2 cm³/mol. The summed E-state index contributed by atoms with van der Waals surface area (Å²) in [4.78, 5) is 14.2. The van der Waals surface area contributed by atoms with Crippen molar-refractivity contribution < 1.29 is 4.79 Å². The Morgan fingerprint density at radius 1 is 1.11 bits per heavy atom. The summed E-state index contributed by atoms with van der Waals surface area (Å²) in [6, 6.07) is 6.32. The number of hydrogen-bond donors (Lipinski definition) is 0. The van der Waals surface area contributed by atoms with Crippen LogP contribution < -0.4 is 0 Å². The van der Waals surface area contributed by atoms with Gasteiger partial charge in [-0.2, -0.15) is 0 Å². The van der Waals surface area contributed by atoms with E-state index >= 15 is 0 Å². The molecule has 98 valence electrons. The lowest BCUT2D eigenvalue weighted by atomic mass is 9.97. The zero-order valence-corrected chi connectivity index (χ0v) is 11.5. The Bertz CT molecular complexity index is 423. The fourth-order valence-electron chi connectivity index (χ4n) is 2.55. The quantitative estimate of drug-likeness (QED) is 0.600. The van der Waals surface area contributed by atoms with E-state index in [2.05, 4.69) is 17.0 Å². The third-order valence-electron chi connectivity index (χ3n) is 3.71. The minimum atomic E-state index is 0.274. The first-order chi connectivity index (χ1) is 8.66. The molecule has 0 N–H and O–H groups in total. The molecular formula is C16H23NO. The van der Waals surface area contributed by atoms with Gasteiger partial charge in [0.15, 0.2) is 5.78 Å². The fourth-order valence-corrected chi connectivity index (χ4v) is 2.55. The highest BCUT2D eigenvalue weighted by Gasteiger charge is 2.12. The summed E-state index contributed by atoms with van der Waals surface area (Å²) in [5, 5.41) is 0. The number of benzene rings is 1. The van der Waals surface area contributed by atoms with Gasteiger partial charge in [0.25, 0.3) is 0 Å². The number of hydrogen-bond acceptors (Lipinski definition) is 2. The van der Waals surface area contributed by atoms with E-state index in [9.17, 15) is 4.79 Å². The molecule has 0 amide bonds. The average Bonchev–Trinajstić information content (AvgIpc) is 2.60. The van der Waals surface area contributed by atoms with Gasteiger partial charge >= 0.3 is 0 Å².